The first-order valence-electron chi connectivity index (χ1n) is 18.6. The molecule has 0 fully saturated rings. The van der Waals surface area contributed by atoms with Gasteiger partial charge < -0.3 is 0 Å². The Balaban J connectivity index is 1.20. The van der Waals surface area contributed by atoms with E-state index in [2.05, 4.69) is 163 Å². The Morgan fingerprint density at radius 2 is 1.09 bits per heavy atom. The summed E-state index contributed by atoms with van der Waals surface area (Å²) in [6.07, 6.45) is 7.62. The maximum atomic E-state index is 5.23. The van der Waals surface area contributed by atoms with Gasteiger partial charge in [-0.2, -0.15) is 0 Å². The Labute approximate surface area is 321 Å². The van der Waals surface area contributed by atoms with Crippen LogP contribution < -0.4 is 0 Å². The van der Waals surface area contributed by atoms with E-state index in [0.717, 1.165) is 39.1 Å². The van der Waals surface area contributed by atoms with Gasteiger partial charge in [0.05, 0.1) is 5.70 Å². The van der Waals surface area contributed by atoms with Crippen molar-refractivity contribution in [2.24, 2.45) is 9.98 Å². The molecule has 8 aromatic carbocycles. The van der Waals surface area contributed by atoms with E-state index in [0.29, 0.717) is 5.84 Å². The summed E-state index contributed by atoms with van der Waals surface area (Å²) in [5, 5.41) is 7.34. The van der Waals surface area contributed by atoms with Crippen molar-refractivity contribution >= 4 is 50.1 Å². The van der Waals surface area contributed by atoms with Gasteiger partial charge in [0.1, 0.15) is 0 Å². The molecule has 55 heavy (non-hydrogen) atoms. The highest BCUT2D eigenvalue weighted by molar-refractivity contribution is 6.23. The predicted octanol–water partition coefficient (Wildman–Crippen LogP) is 13.5. The standard InChI is InChI=1S/C52H37N3/c1-2-49(39-16-4-3-5-17-39)55-52(54-34-36-28-30-37(31-29-36)42-21-14-32-53-35-42)41-20-12-19-40(33-41)50-45-23-8-10-25-47(45)51(48-26-11-9-24-46(48)50)44-27-13-18-38-15-6-7-22-43(38)44/h2-35H,1H3/b49-2-,54-34?,55-52?. The number of aromatic nitrogens is 1. The molecule has 1 heterocycles. The minimum atomic E-state index is 0.635. The molecule has 1 aromatic heterocycles. The number of rotatable bonds is 7. The van der Waals surface area contributed by atoms with Crippen LogP contribution in [0, 0.1) is 0 Å². The molecule has 3 heteroatoms. The molecule has 9 aromatic rings. The molecule has 0 aliphatic heterocycles. The number of amidine groups is 1. The largest absolute Gasteiger partial charge is 0.264 e. The normalized spacial score (nSPS) is 12.2. The van der Waals surface area contributed by atoms with Gasteiger partial charge in [0.15, 0.2) is 5.84 Å². The molecule has 0 spiro atoms. The van der Waals surface area contributed by atoms with Crippen LogP contribution in [0.15, 0.2) is 210 Å². The van der Waals surface area contributed by atoms with Gasteiger partial charge in [-0.15, -0.1) is 0 Å². The van der Waals surface area contributed by atoms with Gasteiger partial charge in [-0.1, -0.05) is 176 Å². The van der Waals surface area contributed by atoms with Gasteiger partial charge in [-0.3, -0.25) is 4.98 Å². The zero-order chi connectivity index (χ0) is 37.0. The summed E-state index contributed by atoms with van der Waals surface area (Å²) in [5.74, 6) is 0.635. The lowest BCUT2D eigenvalue weighted by atomic mass is 9.84. The fraction of sp³-hybridized carbons (Fsp3) is 0.0192. The Morgan fingerprint density at radius 3 is 1.78 bits per heavy atom. The van der Waals surface area contributed by atoms with E-state index in [1.165, 1.54) is 49.0 Å². The van der Waals surface area contributed by atoms with Crippen molar-refractivity contribution in [3.63, 3.8) is 0 Å². The first-order chi connectivity index (χ1) is 27.2. The topological polar surface area (TPSA) is 37.6 Å². The van der Waals surface area contributed by atoms with Crippen LogP contribution in [0.5, 0.6) is 0 Å². The molecule has 0 saturated carbocycles. The lowest BCUT2D eigenvalue weighted by molar-refractivity contribution is 1.33. The number of aliphatic imine (C=N–C) groups is 2. The lowest BCUT2D eigenvalue weighted by Gasteiger charge is -2.19. The van der Waals surface area contributed by atoms with Crippen molar-refractivity contribution in [3.8, 4) is 33.4 Å². The molecule has 0 radical (unpaired) electrons. The molecule has 3 nitrogen and oxygen atoms in total. The zero-order valence-electron chi connectivity index (χ0n) is 30.5. The summed E-state index contributed by atoms with van der Waals surface area (Å²) < 4.78 is 0. The van der Waals surface area contributed by atoms with Crippen molar-refractivity contribution in [1.82, 2.24) is 4.98 Å². The van der Waals surface area contributed by atoms with Gasteiger partial charge >= 0.3 is 0 Å². The average Bonchev–Trinajstić information content (AvgIpc) is 3.26. The number of fused-ring (bicyclic) bond motifs is 3. The third kappa shape index (κ3) is 6.65. The first kappa shape index (κ1) is 33.6. The second-order valence-corrected chi connectivity index (χ2v) is 13.5. The molecule has 0 N–H and O–H groups in total. The highest BCUT2D eigenvalue weighted by atomic mass is 14.9. The molecule has 0 saturated heterocycles. The van der Waals surface area contributed by atoms with Crippen LogP contribution in [0.3, 0.4) is 0 Å². The molecule has 260 valence electrons. The van der Waals surface area contributed by atoms with Crippen molar-refractivity contribution in [2.75, 3.05) is 0 Å². The van der Waals surface area contributed by atoms with Crippen LogP contribution in [0.2, 0.25) is 0 Å². The summed E-state index contributed by atoms with van der Waals surface area (Å²) in [4.78, 5) is 14.6. The Morgan fingerprint density at radius 1 is 0.491 bits per heavy atom. The number of benzene rings is 8. The highest BCUT2D eigenvalue weighted by Crippen LogP contribution is 2.45. The lowest BCUT2D eigenvalue weighted by Crippen LogP contribution is -2.01. The van der Waals surface area contributed by atoms with Crippen LogP contribution in [0.4, 0.5) is 0 Å². The van der Waals surface area contributed by atoms with Crippen molar-refractivity contribution < 1.29 is 0 Å². The molecule has 0 atom stereocenters. The Bertz CT molecular complexity index is 2840. The maximum Gasteiger partial charge on any atom is 0.159 e. The van der Waals surface area contributed by atoms with E-state index in [-0.39, 0.29) is 0 Å². The SMILES string of the molecule is C/C=C(\N=C(N=Cc1ccc(-c2cccnc2)cc1)c1cccc(-c2c3ccccc3c(-c3cccc4ccccc34)c3ccccc23)c1)c1ccccc1. The number of hydrogen-bond acceptors (Lipinski definition) is 2. The Kier molecular flexibility index (Phi) is 9.17. The third-order valence-corrected chi connectivity index (χ3v) is 10.2. The zero-order valence-corrected chi connectivity index (χ0v) is 30.5. The highest BCUT2D eigenvalue weighted by Gasteiger charge is 2.18. The number of allylic oxidation sites excluding steroid dienone is 1. The molecule has 0 aliphatic rings. The molecule has 0 aliphatic carbocycles. The quantitative estimate of drug-likeness (QED) is 0.0925. The second kappa shape index (κ2) is 15.0. The number of nitrogens with zero attached hydrogens (tertiary/aromatic N) is 3. The first-order valence-corrected chi connectivity index (χ1v) is 18.6. The molecule has 0 amide bonds. The van der Waals surface area contributed by atoms with E-state index in [1.807, 2.05) is 49.7 Å². The minimum absolute atomic E-state index is 0.635. The Hall–Kier alpha value is -7.23. The van der Waals surface area contributed by atoms with Gasteiger partial charge in [-0.05, 0) is 95.9 Å². The van der Waals surface area contributed by atoms with Crippen LogP contribution in [0.1, 0.15) is 23.6 Å². The van der Waals surface area contributed by atoms with Gasteiger partial charge in [-0.25, -0.2) is 9.98 Å². The molecular formula is C52H37N3. The fourth-order valence-corrected chi connectivity index (χ4v) is 7.60. The van der Waals surface area contributed by atoms with Crippen LogP contribution in [-0.4, -0.2) is 17.0 Å². The average molecular weight is 704 g/mol. The van der Waals surface area contributed by atoms with Crippen LogP contribution >= 0.6 is 0 Å². The summed E-state index contributed by atoms with van der Waals surface area (Å²) in [7, 11) is 0. The smallest absolute Gasteiger partial charge is 0.159 e. The van der Waals surface area contributed by atoms with E-state index in [4.69, 9.17) is 9.98 Å². The van der Waals surface area contributed by atoms with Crippen molar-refractivity contribution in [3.05, 3.63) is 217 Å². The third-order valence-electron chi connectivity index (χ3n) is 10.2. The maximum absolute atomic E-state index is 5.23. The van der Waals surface area contributed by atoms with E-state index in [9.17, 15) is 0 Å². The van der Waals surface area contributed by atoms with Gasteiger partial charge in [0, 0.05) is 24.2 Å². The predicted molar refractivity (Wildman–Crippen MR) is 234 cm³/mol. The number of hydrogen-bond donors (Lipinski definition) is 0. The van der Waals surface area contributed by atoms with Crippen LogP contribution in [-0.2, 0) is 0 Å². The number of pyridine rings is 1. The minimum Gasteiger partial charge on any atom is -0.264 e. The van der Waals surface area contributed by atoms with Gasteiger partial charge in [0.2, 0.25) is 0 Å². The van der Waals surface area contributed by atoms with Crippen LogP contribution in [0.25, 0.3) is 71.4 Å². The second-order valence-electron chi connectivity index (χ2n) is 13.5. The van der Waals surface area contributed by atoms with Crippen molar-refractivity contribution in [1.29, 1.82) is 0 Å². The molecule has 9 rings (SSSR count). The fourth-order valence-electron chi connectivity index (χ4n) is 7.60. The summed E-state index contributed by atoms with van der Waals surface area (Å²) in [6.45, 7) is 2.02. The molecule has 0 bridgehead atoms. The van der Waals surface area contributed by atoms with E-state index < -0.39 is 0 Å². The summed E-state index contributed by atoms with van der Waals surface area (Å²) >= 11 is 0. The van der Waals surface area contributed by atoms with Crippen molar-refractivity contribution in [2.45, 2.75) is 6.92 Å². The monoisotopic (exact) mass is 703 g/mol. The molecule has 0 unspecified atom stereocenters. The molecular weight excluding hydrogens is 667 g/mol. The van der Waals surface area contributed by atoms with E-state index >= 15 is 0 Å². The van der Waals surface area contributed by atoms with E-state index in [1.54, 1.807) is 6.20 Å². The summed E-state index contributed by atoms with van der Waals surface area (Å²) in [5.41, 5.74) is 10.8. The van der Waals surface area contributed by atoms with Gasteiger partial charge in [0.25, 0.3) is 0 Å². The summed E-state index contributed by atoms with van der Waals surface area (Å²) in [6, 6.07) is 64.3.